The number of hydrogen-bond acceptors (Lipinski definition) is 2. The van der Waals surface area contributed by atoms with E-state index in [1.807, 2.05) is 18.2 Å². The standard InChI is InChI=1S/C11H9N2O/c1-7-5-8-3-2-4-9-11(8)13(7)10(14)6-12-9/h2-4,6-7H,1,5H2/t7-/m0/s1. The lowest BCUT2D eigenvalue weighted by Crippen LogP contribution is -2.20. The van der Waals surface area contributed by atoms with Crippen molar-refractivity contribution in [2.75, 3.05) is 0 Å². The Morgan fingerprint density at radius 1 is 1.50 bits per heavy atom. The summed E-state index contributed by atoms with van der Waals surface area (Å²) in [6, 6.07) is 5.94. The number of rotatable bonds is 0. The van der Waals surface area contributed by atoms with Crippen molar-refractivity contribution in [3.05, 3.63) is 47.2 Å². The molecule has 2 heterocycles. The molecule has 0 fully saturated rings. The van der Waals surface area contributed by atoms with Crippen LogP contribution < -0.4 is 5.56 Å². The molecular weight excluding hydrogens is 176 g/mol. The minimum atomic E-state index is -0.0533. The second-order valence-electron chi connectivity index (χ2n) is 3.61. The molecule has 1 aromatic carbocycles. The maximum atomic E-state index is 11.6. The van der Waals surface area contributed by atoms with E-state index in [2.05, 4.69) is 11.9 Å². The molecule has 3 rings (SSSR count). The summed E-state index contributed by atoms with van der Waals surface area (Å²) in [6.07, 6.45) is 2.20. The second kappa shape index (κ2) is 2.44. The van der Waals surface area contributed by atoms with Gasteiger partial charge in [-0.2, -0.15) is 0 Å². The van der Waals surface area contributed by atoms with E-state index in [1.165, 1.54) is 11.8 Å². The van der Waals surface area contributed by atoms with Crippen LogP contribution in [0.4, 0.5) is 0 Å². The third-order valence-corrected chi connectivity index (χ3v) is 2.71. The molecule has 1 aliphatic heterocycles. The third kappa shape index (κ3) is 0.816. The van der Waals surface area contributed by atoms with Crippen LogP contribution in [0.3, 0.4) is 0 Å². The van der Waals surface area contributed by atoms with Gasteiger partial charge in [0.05, 0.1) is 17.2 Å². The van der Waals surface area contributed by atoms with Gasteiger partial charge in [-0.3, -0.25) is 4.79 Å². The van der Waals surface area contributed by atoms with E-state index >= 15 is 0 Å². The van der Waals surface area contributed by atoms with E-state index in [4.69, 9.17) is 0 Å². The Morgan fingerprint density at radius 2 is 2.36 bits per heavy atom. The van der Waals surface area contributed by atoms with Crippen molar-refractivity contribution in [3.63, 3.8) is 0 Å². The topological polar surface area (TPSA) is 34.9 Å². The Bertz CT molecular complexity index is 571. The fraction of sp³-hybridized carbons (Fsp3) is 0.182. The van der Waals surface area contributed by atoms with Crippen LogP contribution in [0.2, 0.25) is 0 Å². The predicted octanol–water partition coefficient (Wildman–Crippen LogP) is 1.33. The number of para-hydroxylation sites is 1. The molecule has 0 amide bonds. The fourth-order valence-corrected chi connectivity index (χ4v) is 2.13. The first-order chi connectivity index (χ1) is 6.77. The number of nitrogens with zero attached hydrogens (tertiary/aromatic N) is 2. The first kappa shape index (κ1) is 7.74. The van der Waals surface area contributed by atoms with Gasteiger partial charge in [0.25, 0.3) is 5.56 Å². The van der Waals surface area contributed by atoms with E-state index in [0.29, 0.717) is 0 Å². The average Bonchev–Trinajstić information content (AvgIpc) is 2.51. The molecule has 1 aliphatic rings. The van der Waals surface area contributed by atoms with E-state index in [9.17, 15) is 4.79 Å². The van der Waals surface area contributed by atoms with E-state index < -0.39 is 0 Å². The molecule has 1 atom stereocenters. The van der Waals surface area contributed by atoms with Crippen molar-refractivity contribution < 1.29 is 0 Å². The van der Waals surface area contributed by atoms with Crippen molar-refractivity contribution in [2.24, 2.45) is 0 Å². The highest BCUT2D eigenvalue weighted by Gasteiger charge is 2.21. The summed E-state index contributed by atoms with van der Waals surface area (Å²) in [6.45, 7) is 3.97. The predicted molar refractivity (Wildman–Crippen MR) is 54.1 cm³/mol. The Morgan fingerprint density at radius 3 is 3.21 bits per heavy atom. The molecule has 69 valence electrons. The van der Waals surface area contributed by atoms with Gasteiger partial charge in [-0.25, -0.2) is 4.98 Å². The second-order valence-corrected chi connectivity index (χ2v) is 3.61. The van der Waals surface area contributed by atoms with Gasteiger partial charge in [0.2, 0.25) is 0 Å². The number of hydrogen-bond donors (Lipinski definition) is 0. The molecule has 0 aliphatic carbocycles. The SMILES string of the molecule is [CH2][C@H]1Cc2cccc3ncc(=O)n1c23. The molecule has 1 aromatic heterocycles. The van der Waals surface area contributed by atoms with Crippen molar-refractivity contribution >= 4 is 11.0 Å². The van der Waals surface area contributed by atoms with Crippen molar-refractivity contribution in [3.8, 4) is 0 Å². The van der Waals surface area contributed by atoms with Gasteiger partial charge in [-0.1, -0.05) is 12.1 Å². The Balaban J connectivity index is 2.59. The zero-order valence-corrected chi connectivity index (χ0v) is 7.60. The van der Waals surface area contributed by atoms with E-state index in [1.54, 1.807) is 4.57 Å². The molecular formula is C11H9N2O. The Kier molecular flexibility index (Phi) is 1.35. The number of benzene rings is 1. The largest absolute Gasteiger partial charge is 0.302 e. The quantitative estimate of drug-likeness (QED) is 0.620. The summed E-state index contributed by atoms with van der Waals surface area (Å²) >= 11 is 0. The molecule has 0 saturated heterocycles. The van der Waals surface area contributed by atoms with Crippen LogP contribution in [0.5, 0.6) is 0 Å². The lowest BCUT2D eigenvalue weighted by molar-refractivity contribution is 0.633. The summed E-state index contributed by atoms with van der Waals surface area (Å²) in [7, 11) is 0. The fourth-order valence-electron chi connectivity index (χ4n) is 2.13. The molecule has 3 heteroatoms. The van der Waals surface area contributed by atoms with Gasteiger partial charge < -0.3 is 4.57 Å². The van der Waals surface area contributed by atoms with Gasteiger partial charge >= 0.3 is 0 Å². The van der Waals surface area contributed by atoms with Gasteiger partial charge in [-0.05, 0) is 25.0 Å². The molecule has 0 unspecified atom stereocenters. The molecule has 0 N–H and O–H groups in total. The first-order valence-electron chi connectivity index (χ1n) is 4.59. The molecule has 0 spiro atoms. The maximum Gasteiger partial charge on any atom is 0.269 e. The van der Waals surface area contributed by atoms with Crippen molar-refractivity contribution in [1.82, 2.24) is 9.55 Å². The van der Waals surface area contributed by atoms with E-state index in [-0.39, 0.29) is 11.6 Å². The van der Waals surface area contributed by atoms with Crippen molar-refractivity contribution in [1.29, 1.82) is 0 Å². The minimum Gasteiger partial charge on any atom is -0.302 e. The lowest BCUT2D eigenvalue weighted by atomic mass is 10.1. The smallest absolute Gasteiger partial charge is 0.269 e. The van der Waals surface area contributed by atoms with Crippen LogP contribution in [0.25, 0.3) is 11.0 Å². The highest BCUT2D eigenvalue weighted by Crippen LogP contribution is 2.28. The Hall–Kier alpha value is -1.64. The van der Waals surface area contributed by atoms with Crippen LogP contribution in [0, 0.1) is 6.92 Å². The maximum absolute atomic E-state index is 11.6. The first-order valence-corrected chi connectivity index (χ1v) is 4.59. The van der Waals surface area contributed by atoms with Crippen LogP contribution >= 0.6 is 0 Å². The summed E-state index contributed by atoms with van der Waals surface area (Å²) in [5, 5.41) is 0. The molecule has 0 saturated carbocycles. The van der Waals surface area contributed by atoms with Gasteiger partial charge in [0.1, 0.15) is 0 Å². The van der Waals surface area contributed by atoms with Crippen LogP contribution in [-0.4, -0.2) is 9.55 Å². The molecule has 1 radical (unpaired) electrons. The highest BCUT2D eigenvalue weighted by molar-refractivity contribution is 5.80. The normalized spacial score (nSPS) is 19.1. The summed E-state index contributed by atoms with van der Waals surface area (Å²) in [4.78, 5) is 15.7. The summed E-state index contributed by atoms with van der Waals surface area (Å²) in [5.74, 6) is 0. The minimum absolute atomic E-state index is 0.0189. The zero-order chi connectivity index (χ0) is 9.71. The summed E-state index contributed by atoms with van der Waals surface area (Å²) in [5.41, 5.74) is 2.96. The lowest BCUT2D eigenvalue weighted by Gasteiger charge is -2.06. The highest BCUT2D eigenvalue weighted by atomic mass is 16.1. The van der Waals surface area contributed by atoms with Crippen molar-refractivity contribution in [2.45, 2.75) is 12.5 Å². The van der Waals surface area contributed by atoms with Gasteiger partial charge in [0, 0.05) is 6.04 Å². The van der Waals surface area contributed by atoms with Crippen LogP contribution in [0.1, 0.15) is 11.6 Å². The van der Waals surface area contributed by atoms with E-state index in [0.717, 1.165) is 17.5 Å². The van der Waals surface area contributed by atoms with Crippen LogP contribution in [-0.2, 0) is 6.42 Å². The third-order valence-electron chi connectivity index (χ3n) is 2.71. The molecule has 3 nitrogen and oxygen atoms in total. The average molecular weight is 185 g/mol. The van der Waals surface area contributed by atoms with Crippen LogP contribution in [0.15, 0.2) is 29.2 Å². The monoisotopic (exact) mass is 185 g/mol. The van der Waals surface area contributed by atoms with Gasteiger partial charge in [0.15, 0.2) is 0 Å². The molecule has 14 heavy (non-hydrogen) atoms. The Labute approximate surface area is 81.0 Å². The zero-order valence-electron chi connectivity index (χ0n) is 7.60. The number of aromatic nitrogens is 2. The summed E-state index contributed by atoms with van der Waals surface area (Å²) < 4.78 is 1.73. The molecule has 0 bridgehead atoms. The van der Waals surface area contributed by atoms with Gasteiger partial charge in [-0.15, -0.1) is 0 Å². The molecule has 2 aromatic rings.